The lowest BCUT2D eigenvalue weighted by Crippen LogP contribution is -2.23. The molecule has 4 heteroatoms. The molecule has 18 heavy (non-hydrogen) atoms. The number of nitrogens with two attached hydrogens (primary N) is 1. The van der Waals surface area contributed by atoms with Crippen molar-refractivity contribution in [1.82, 2.24) is 5.32 Å². The van der Waals surface area contributed by atoms with Gasteiger partial charge in [0.1, 0.15) is 0 Å². The standard InChI is InChI=1S/C14H23N3O/c1-4-6-10(3)17-13-8-7-11(9-12(13)15)14(18)16-5-2/h7-10,17H,4-6,15H2,1-3H3,(H,16,18)/t10-/m0/s1. The van der Waals surface area contributed by atoms with Crippen molar-refractivity contribution in [3.63, 3.8) is 0 Å². The van der Waals surface area contributed by atoms with E-state index in [1.165, 1.54) is 0 Å². The molecular weight excluding hydrogens is 226 g/mol. The summed E-state index contributed by atoms with van der Waals surface area (Å²) < 4.78 is 0. The summed E-state index contributed by atoms with van der Waals surface area (Å²) in [4.78, 5) is 11.6. The van der Waals surface area contributed by atoms with Crippen molar-refractivity contribution >= 4 is 17.3 Å². The van der Waals surface area contributed by atoms with Crippen molar-refractivity contribution in [2.75, 3.05) is 17.6 Å². The van der Waals surface area contributed by atoms with E-state index in [2.05, 4.69) is 24.5 Å². The molecule has 100 valence electrons. The Bertz CT molecular complexity index is 404. The fourth-order valence-corrected chi connectivity index (χ4v) is 1.87. The van der Waals surface area contributed by atoms with Crippen LogP contribution in [0.1, 0.15) is 44.0 Å². The van der Waals surface area contributed by atoms with Crippen LogP contribution in [0.25, 0.3) is 0 Å². The van der Waals surface area contributed by atoms with E-state index in [4.69, 9.17) is 5.73 Å². The molecule has 1 amide bonds. The van der Waals surface area contributed by atoms with Gasteiger partial charge in [-0.05, 0) is 38.5 Å². The van der Waals surface area contributed by atoms with Gasteiger partial charge < -0.3 is 16.4 Å². The molecule has 0 heterocycles. The highest BCUT2D eigenvalue weighted by Crippen LogP contribution is 2.21. The Morgan fingerprint density at radius 2 is 2.11 bits per heavy atom. The highest BCUT2D eigenvalue weighted by molar-refractivity contribution is 5.96. The smallest absolute Gasteiger partial charge is 0.251 e. The molecule has 4 nitrogen and oxygen atoms in total. The van der Waals surface area contributed by atoms with Crippen LogP contribution >= 0.6 is 0 Å². The molecule has 0 aliphatic carbocycles. The van der Waals surface area contributed by atoms with E-state index in [0.717, 1.165) is 18.5 Å². The lowest BCUT2D eigenvalue weighted by Gasteiger charge is -2.16. The highest BCUT2D eigenvalue weighted by Gasteiger charge is 2.08. The summed E-state index contributed by atoms with van der Waals surface area (Å²) in [7, 11) is 0. The Kier molecular flexibility index (Phi) is 5.49. The SMILES string of the molecule is CCC[C@H](C)Nc1ccc(C(=O)NCC)cc1N. The molecule has 0 aromatic heterocycles. The molecule has 1 rings (SSSR count). The van der Waals surface area contributed by atoms with Crippen molar-refractivity contribution in [2.45, 2.75) is 39.7 Å². The van der Waals surface area contributed by atoms with Crippen LogP contribution < -0.4 is 16.4 Å². The van der Waals surface area contributed by atoms with Gasteiger partial charge in [-0.25, -0.2) is 0 Å². The Morgan fingerprint density at radius 1 is 1.39 bits per heavy atom. The molecular formula is C14H23N3O. The number of amides is 1. The van der Waals surface area contributed by atoms with Gasteiger partial charge in [-0.15, -0.1) is 0 Å². The van der Waals surface area contributed by atoms with Gasteiger partial charge in [-0.1, -0.05) is 13.3 Å². The molecule has 0 saturated heterocycles. The van der Waals surface area contributed by atoms with Gasteiger partial charge in [0.25, 0.3) is 5.91 Å². The number of hydrogen-bond acceptors (Lipinski definition) is 3. The van der Waals surface area contributed by atoms with Gasteiger partial charge in [0.2, 0.25) is 0 Å². The van der Waals surface area contributed by atoms with Crippen LogP contribution in [-0.4, -0.2) is 18.5 Å². The van der Waals surface area contributed by atoms with Gasteiger partial charge in [-0.3, -0.25) is 4.79 Å². The first kappa shape index (κ1) is 14.4. The van der Waals surface area contributed by atoms with E-state index in [1.54, 1.807) is 12.1 Å². The number of benzene rings is 1. The van der Waals surface area contributed by atoms with Crippen molar-refractivity contribution in [1.29, 1.82) is 0 Å². The van der Waals surface area contributed by atoms with Crippen LogP contribution in [0.2, 0.25) is 0 Å². The molecule has 1 aromatic rings. The molecule has 0 spiro atoms. The Hall–Kier alpha value is -1.71. The molecule has 1 aromatic carbocycles. The molecule has 0 aliphatic rings. The zero-order valence-electron chi connectivity index (χ0n) is 11.4. The number of anilines is 2. The van der Waals surface area contributed by atoms with Gasteiger partial charge in [0, 0.05) is 18.2 Å². The van der Waals surface area contributed by atoms with E-state index < -0.39 is 0 Å². The van der Waals surface area contributed by atoms with Crippen LogP contribution in [0.3, 0.4) is 0 Å². The maximum absolute atomic E-state index is 11.6. The van der Waals surface area contributed by atoms with Gasteiger partial charge in [-0.2, -0.15) is 0 Å². The van der Waals surface area contributed by atoms with E-state index in [9.17, 15) is 4.79 Å². The quantitative estimate of drug-likeness (QED) is 0.679. The monoisotopic (exact) mass is 249 g/mol. The fraction of sp³-hybridized carbons (Fsp3) is 0.500. The predicted molar refractivity (Wildman–Crippen MR) is 76.9 cm³/mol. The second-order valence-electron chi connectivity index (χ2n) is 4.50. The van der Waals surface area contributed by atoms with E-state index >= 15 is 0 Å². The molecule has 0 bridgehead atoms. The number of hydrogen-bond donors (Lipinski definition) is 3. The summed E-state index contributed by atoms with van der Waals surface area (Å²) in [6, 6.07) is 5.76. The number of nitrogen functional groups attached to an aromatic ring is 1. The van der Waals surface area contributed by atoms with Crippen molar-refractivity contribution in [3.05, 3.63) is 23.8 Å². The van der Waals surface area contributed by atoms with E-state index in [-0.39, 0.29) is 5.91 Å². The first-order valence-corrected chi connectivity index (χ1v) is 6.52. The average molecular weight is 249 g/mol. The normalized spacial score (nSPS) is 11.9. The Labute approximate surface area is 109 Å². The summed E-state index contributed by atoms with van der Waals surface area (Å²) >= 11 is 0. The van der Waals surface area contributed by atoms with Crippen molar-refractivity contribution in [2.24, 2.45) is 0 Å². The molecule has 0 radical (unpaired) electrons. The second-order valence-corrected chi connectivity index (χ2v) is 4.50. The third-order valence-electron chi connectivity index (χ3n) is 2.77. The molecule has 1 atom stereocenters. The van der Waals surface area contributed by atoms with Gasteiger partial charge in [0.05, 0.1) is 11.4 Å². The van der Waals surface area contributed by atoms with Crippen molar-refractivity contribution < 1.29 is 4.79 Å². The van der Waals surface area contributed by atoms with Crippen LogP contribution in [-0.2, 0) is 0 Å². The maximum atomic E-state index is 11.6. The number of nitrogens with one attached hydrogen (secondary N) is 2. The second kappa shape index (κ2) is 6.89. The minimum Gasteiger partial charge on any atom is -0.397 e. The number of rotatable bonds is 6. The molecule has 0 unspecified atom stereocenters. The van der Waals surface area contributed by atoms with Crippen molar-refractivity contribution in [3.8, 4) is 0 Å². The topological polar surface area (TPSA) is 67.2 Å². The number of carbonyl (C=O) groups excluding carboxylic acids is 1. The van der Waals surface area contributed by atoms with Crippen LogP contribution in [0, 0.1) is 0 Å². The zero-order valence-corrected chi connectivity index (χ0v) is 11.4. The highest BCUT2D eigenvalue weighted by atomic mass is 16.1. The van der Waals surface area contributed by atoms with Gasteiger partial charge in [0.15, 0.2) is 0 Å². The summed E-state index contributed by atoms with van der Waals surface area (Å²) in [5.74, 6) is -0.0858. The summed E-state index contributed by atoms with van der Waals surface area (Å²) in [5.41, 5.74) is 8.06. The molecule has 0 fully saturated rings. The van der Waals surface area contributed by atoms with Gasteiger partial charge >= 0.3 is 0 Å². The third-order valence-corrected chi connectivity index (χ3v) is 2.77. The van der Waals surface area contributed by atoms with E-state index in [1.807, 2.05) is 13.0 Å². The third kappa shape index (κ3) is 3.95. The Balaban J connectivity index is 2.76. The lowest BCUT2D eigenvalue weighted by atomic mass is 10.1. The molecule has 4 N–H and O–H groups in total. The summed E-state index contributed by atoms with van der Waals surface area (Å²) in [6.07, 6.45) is 2.22. The number of carbonyl (C=O) groups is 1. The zero-order chi connectivity index (χ0) is 13.5. The Morgan fingerprint density at radius 3 is 2.67 bits per heavy atom. The maximum Gasteiger partial charge on any atom is 0.251 e. The predicted octanol–water partition coefficient (Wildman–Crippen LogP) is 2.62. The molecule has 0 saturated carbocycles. The fourth-order valence-electron chi connectivity index (χ4n) is 1.87. The first-order chi connectivity index (χ1) is 8.58. The minimum atomic E-state index is -0.0858. The van der Waals surface area contributed by atoms with E-state index in [0.29, 0.717) is 23.8 Å². The van der Waals surface area contributed by atoms with Crippen LogP contribution in [0.4, 0.5) is 11.4 Å². The largest absolute Gasteiger partial charge is 0.397 e. The minimum absolute atomic E-state index is 0.0858. The lowest BCUT2D eigenvalue weighted by molar-refractivity contribution is 0.0956. The summed E-state index contributed by atoms with van der Waals surface area (Å²) in [6.45, 7) is 6.79. The summed E-state index contributed by atoms with van der Waals surface area (Å²) in [5, 5.41) is 6.11. The van der Waals surface area contributed by atoms with Crippen LogP contribution in [0.5, 0.6) is 0 Å². The average Bonchev–Trinajstić information content (AvgIpc) is 2.32. The first-order valence-electron chi connectivity index (χ1n) is 6.52. The van der Waals surface area contributed by atoms with Crippen LogP contribution in [0.15, 0.2) is 18.2 Å². The molecule has 0 aliphatic heterocycles.